The van der Waals surface area contributed by atoms with Crippen molar-refractivity contribution in [3.05, 3.63) is 0 Å². The number of amides is 1. The van der Waals surface area contributed by atoms with E-state index in [9.17, 15) is 4.79 Å². The molecular weight excluding hydrogens is 166 g/mol. The van der Waals surface area contributed by atoms with Crippen molar-refractivity contribution >= 4 is 5.91 Å². The summed E-state index contributed by atoms with van der Waals surface area (Å²) in [5, 5.41) is 2.81. The highest BCUT2D eigenvalue weighted by atomic mass is 16.5. The average Bonchev–Trinajstić information content (AvgIpc) is 2.02. The highest BCUT2D eigenvalue weighted by Gasteiger charge is 2.01. The van der Waals surface area contributed by atoms with Gasteiger partial charge in [-0.15, -0.1) is 0 Å². The first-order valence-corrected chi connectivity index (χ1v) is 5.04. The third-order valence-corrected chi connectivity index (χ3v) is 1.57. The zero-order chi connectivity index (χ0) is 10.1. The average molecular weight is 187 g/mol. The van der Waals surface area contributed by atoms with Gasteiger partial charge in [0.05, 0.1) is 6.61 Å². The molecule has 0 radical (unpaired) electrons. The molecular formula is C10H21NO2. The van der Waals surface area contributed by atoms with Gasteiger partial charge in [0.2, 0.25) is 5.91 Å². The summed E-state index contributed by atoms with van der Waals surface area (Å²) in [5.41, 5.74) is 0. The fourth-order valence-electron chi connectivity index (χ4n) is 0.907. The number of hydrogen-bond donors (Lipinski definition) is 1. The Kier molecular flexibility index (Phi) is 7.69. The molecule has 0 aromatic rings. The monoisotopic (exact) mass is 187 g/mol. The summed E-state index contributed by atoms with van der Waals surface area (Å²) in [6.45, 7) is 7.34. The van der Waals surface area contributed by atoms with Gasteiger partial charge >= 0.3 is 0 Å². The minimum Gasteiger partial charge on any atom is -0.381 e. The molecule has 0 aromatic heterocycles. The first-order valence-electron chi connectivity index (χ1n) is 5.04. The van der Waals surface area contributed by atoms with E-state index in [1.165, 1.54) is 0 Å². The second-order valence-electron chi connectivity index (χ2n) is 3.44. The van der Waals surface area contributed by atoms with E-state index in [2.05, 4.69) is 12.2 Å². The van der Waals surface area contributed by atoms with E-state index in [1.54, 1.807) is 0 Å². The van der Waals surface area contributed by atoms with E-state index in [0.717, 1.165) is 19.4 Å². The van der Waals surface area contributed by atoms with Crippen LogP contribution in [0.2, 0.25) is 0 Å². The minimum atomic E-state index is 0.0755. The summed E-state index contributed by atoms with van der Waals surface area (Å²) in [6, 6.07) is 0.225. The van der Waals surface area contributed by atoms with Crippen LogP contribution in [-0.4, -0.2) is 25.2 Å². The summed E-state index contributed by atoms with van der Waals surface area (Å²) in [7, 11) is 0. The van der Waals surface area contributed by atoms with Crippen LogP contribution < -0.4 is 5.32 Å². The maximum Gasteiger partial charge on any atom is 0.222 e. The van der Waals surface area contributed by atoms with E-state index in [4.69, 9.17) is 4.74 Å². The Hall–Kier alpha value is -0.570. The van der Waals surface area contributed by atoms with Crippen molar-refractivity contribution in [2.45, 2.75) is 46.1 Å². The molecule has 78 valence electrons. The Morgan fingerprint density at radius 2 is 2.08 bits per heavy atom. The van der Waals surface area contributed by atoms with Crippen LogP contribution in [0.4, 0.5) is 0 Å². The molecule has 0 spiro atoms. The van der Waals surface area contributed by atoms with Crippen LogP contribution >= 0.6 is 0 Å². The van der Waals surface area contributed by atoms with Gasteiger partial charge in [0.1, 0.15) is 0 Å². The molecule has 1 N–H and O–H groups in total. The van der Waals surface area contributed by atoms with Gasteiger partial charge in [0.15, 0.2) is 0 Å². The first-order chi connectivity index (χ1) is 6.16. The highest BCUT2D eigenvalue weighted by molar-refractivity contribution is 5.76. The van der Waals surface area contributed by atoms with Gasteiger partial charge in [0, 0.05) is 19.1 Å². The maximum atomic E-state index is 11.1. The zero-order valence-corrected chi connectivity index (χ0v) is 8.93. The normalized spacial score (nSPS) is 10.5. The molecule has 0 aromatic carbocycles. The largest absolute Gasteiger partial charge is 0.381 e. The Morgan fingerprint density at radius 1 is 1.38 bits per heavy atom. The smallest absolute Gasteiger partial charge is 0.222 e. The Labute approximate surface area is 80.8 Å². The lowest BCUT2D eigenvalue weighted by molar-refractivity contribution is -0.122. The van der Waals surface area contributed by atoms with Crippen molar-refractivity contribution in [1.82, 2.24) is 5.32 Å². The molecule has 13 heavy (non-hydrogen) atoms. The summed E-state index contributed by atoms with van der Waals surface area (Å²) in [5.74, 6) is 0.0755. The number of rotatable bonds is 7. The predicted octanol–water partition coefficient (Wildman–Crippen LogP) is 1.72. The number of carbonyl (C=O) groups is 1. The van der Waals surface area contributed by atoms with Crippen molar-refractivity contribution in [3.8, 4) is 0 Å². The maximum absolute atomic E-state index is 11.1. The molecule has 0 atom stereocenters. The number of unbranched alkanes of at least 4 members (excludes halogenated alkanes) is 1. The fourth-order valence-corrected chi connectivity index (χ4v) is 0.907. The molecule has 0 heterocycles. The van der Waals surface area contributed by atoms with Crippen LogP contribution in [0.5, 0.6) is 0 Å². The predicted molar refractivity (Wildman–Crippen MR) is 53.6 cm³/mol. The summed E-state index contributed by atoms with van der Waals surface area (Å²) in [4.78, 5) is 11.1. The molecule has 0 rings (SSSR count). The molecule has 0 aliphatic heterocycles. The Balaban J connectivity index is 3.17. The van der Waals surface area contributed by atoms with E-state index in [-0.39, 0.29) is 11.9 Å². The summed E-state index contributed by atoms with van der Waals surface area (Å²) in [6.07, 6.45) is 2.69. The molecule has 0 aliphatic carbocycles. The molecule has 1 amide bonds. The molecule has 0 bridgehead atoms. The van der Waals surface area contributed by atoms with Gasteiger partial charge < -0.3 is 10.1 Å². The van der Waals surface area contributed by atoms with Crippen LogP contribution in [0.3, 0.4) is 0 Å². The van der Waals surface area contributed by atoms with Gasteiger partial charge in [-0.25, -0.2) is 0 Å². The number of ether oxygens (including phenoxy) is 1. The second kappa shape index (κ2) is 8.05. The topological polar surface area (TPSA) is 38.3 Å². The lowest BCUT2D eigenvalue weighted by atomic mass is 10.3. The van der Waals surface area contributed by atoms with Crippen molar-refractivity contribution in [2.24, 2.45) is 0 Å². The van der Waals surface area contributed by atoms with E-state index in [0.29, 0.717) is 13.0 Å². The SMILES string of the molecule is CCCCOCCC(=O)NC(C)C. The lowest BCUT2D eigenvalue weighted by Gasteiger charge is -2.08. The van der Waals surface area contributed by atoms with E-state index < -0.39 is 0 Å². The third kappa shape index (κ3) is 9.34. The lowest BCUT2D eigenvalue weighted by Crippen LogP contribution is -2.30. The van der Waals surface area contributed by atoms with Crippen LogP contribution in [-0.2, 0) is 9.53 Å². The molecule has 0 aliphatic rings. The molecule has 0 fully saturated rings. The molecule has 3 nitrogen and oxygen atoms in total. The number of carbonyl (C=O) groups excluding carboxylic acids is 1. The third-order valence-electron chi connectivity index (χ3n) is 1.57. The standard InChI is InChI=1S/C10H21NO2/c1-4-5-7-13-8-6-10(12)11-9(2)3/h9H,4-8H2,1-3H3,(H,11,12). The molecule has 0 saturated heterocycles. The van der Waals surface area contributed by atoms with Gasteiger partial charge in [0.25, 0.3) is 0 Å². The summed E-state index contributed by atoms with van der Waals surface area (Å²) < 4.78 is 5.27. The van der Waals surface area contributed by atoms with Crippen LogP contribution in [0.15, 0.2) is 0 Å². The van der Waals surface area contributed by atoms with Crippen LogP contribution in [0, 0.1) is 0 Å². The quantitative estimate of drug-likeness (QED) is 0.616. The minimum absolute atomic E-state index is 0.0755. The molecule has 0 saturated carbocycles. The first kappa shape index (κ1) is 12.4. The van der Waals surface area contributed by atoms with E-state index in [1.807, 2.05) is 13.8 Å². The van der Waals surface area contributed by atoms with Crippen molar-refractivity contribution in [2.75, 3.05) is 13.2 Å². The van der Waals surface area contributed by atoms with Crippen molar-refractivity contribution < 1.29 is 9.53 Å². The zero-order valence-electron chi connectivity index (χ0n) is 8.93. The second-order valence-corrected chi connectivity index (χ2v) is 3.44. The van der Waals surface area contributed by atoms with Gasteiger partial charge in [-0.05, 0) is 20.3 Å². The summed E-state index contributed by atoms with van der Waals surface area (Å²) >= 11 is 0. The van der Waals surface area contributed by atoms with Crippen molar-refractivity contribution in [1.29, 1.82) is 0 Å². The number of nitrogens with one attached hydrogen (secondary N) is 1. The molecule has 3 heteroatoms. The van der Waals surface area contributed by atoms with Crippen LogP contribution in [0.1, 0.15) is 40.0 Å². The van der Waals surface area contributed by atoms with Crippen LogP contribution in [0.25, 0.3) is 0 Å². The van der Waals surface area contributed by atoms with E-state index >= 15 is 0 Å². The Bertz CT molecular complexity index is 135. The highest BCUT2D eigenvalue weighted by Crippen LogP contribution is 1.90. The Morgan fingerprint density at radius 3 is 2.62 bits per heavy atom. The van der Waals surface area contributed by atoms with Gasteiger partial charge in [-0.2, -0.15) is 0 Å². The fraction of sp³-hybridized carbons (Fsp3) is 0.900. The van der Waals surface area contributed by atoms with Gasteiger partial charge in [-0.3, -0.25) is 4.79 Å². The van der Waals surface area contributed by atoms with Gasteiger partial charge in [-0.1, -0.05) is 13.3 Å². The number of hydrogen-bond acceptors (Lipinski definition) is 2. The molecule has 0 unspecified atom stereocenters. The van der Waals surface area contributed by atoms with Crippen molar-refractivity contribution in [3.63, 3.8) is 0 Å².